The number of rotatable bonds is 6. The molecular formula is C21H24Cl2N2O4. The molecule has 8 heteroatoms. The zero-order valence-corrected chi connectivity index (χ0v) is 17.5. The van der Waals surface area contributed by atoms with Crippen LogP contribution in [0.1, 0.15) is 38.5 Å². The van der Waals surface area contributed by atoms with E-state index >= 15 is 0 Å². The number of amides is 2. The fourth-order valence-corrected chi connectivity index (χ4v) is 6.04. The van der Waals surface area contributed by atoms with E-state index in [1.54, 1.807) is 12.1 Å². The quantitative estimate of drug-likeness (QED) is 0.661. The van der Waals surface area contributed by atoms with Crippen LogP contribution in [0.15, 0.2) is 18.2 Å². The van der Waals surface area contributed by atoms with Crippen LogP contribution in [0.4, 0.5) is 5.69 Å². The number of ether oxygens (including phenoxy) is 1. The van der Waals surface area contributed by atoms with E-state index in [0.717, 1.165) is 19.3 Å². The summed E-state index contributed by atoms with van der Waals surface area (Å²) in [7, 11) is 0. The van der Waals surface area contributed by atoms with E-state index in [1.165, 1.54) is 25.3 Å². The first-order chi connectivity index (χ1) is 13.8. The van der Waals surface area contributed by atoms with Gasteiger partial charge in [0.2, 0.25) is 5.91 Å². The predicted molar refractivity (Wildman–Crippen MR) is 110 cm³/mol. The molecule has 1 aromatic rings. The van der Waals surface area contributed by atoms with Crippen molar-refractivity contribution in [3.05, 3.63) is 28.2 Å². The molecule has 156 valence electrons. The van der Waals surface area contributed by atoms with Gasteiger partial charge in [-0.1, -0.05) is 23.2 Å². The molecule has 4 aliphatic rings. The van der Waals surface area contributed by atoms with E-state index in [-0.39, 0.29) is 17.9 Å². The number of nitrogens with one attached hydrogen (secondary N) is 2. The second kappa shape index (κ2) is 8.15. The van der Waals surface area contributed by atoms with Crippen LogP contribution in [-0.2, 0) is 19.1 Å². The maximum atomic E-state index is 12.8. The maximum absolute atomic E-state index is 12.8. The molecule has 6 nitrogen and oxygen atoms in total. The number of hydrogen-bond donors (Lipinski definition) is 2. The fourth-order valence-electron chi connectivity index (χ4n) is 5.71. The van der Waals surface area contributed by atoms with Crippen molar-refractivity contribution in [1.82, 2.24) is 5.32 Å². The zero-order valence-electron chi connectivity index (χ0n) is 16.0. The molecule has 2 N–H and O–H groups in total. The first-order valence-corrected chi connectivity index (χ1v) is 10.8. The zero-order chi connectivity index (χ0) is 20.6. The Hall–Kier alpha value is -1.79. The molecule has 5 rings (SSSR count). The predicted octanol–water partition coefficient (Wildman–Crippen LogP) is 3.81. The van der Waals surface area contributed by atoms with E-state index in [0.29, 0.717) is 33.5 Å². The van der Waals surface area contributed by atoms with Crippen LogP contribution in [0.3, 0.4) is 0 Å². The van der Waals surface area contributed by atoms with E-state index in [4.69, 9.17) is 27.9 Å². The molecule has 0 unspecified atom stereocenters. The van der Waals surface area contributed by atoms with Gasteiger partial charge >= 0.3 is 5.97 Å². The largest absolute Gasteiger partial charge is 0.454 e. The Kier molecular flexibility index (Phi) is 5.76. The maximum Gasteiger partial charge on any atom is 0.325 e. The molecule has 1 aromatic carbocycles. The number of halogens is 2. The molecule has 0 aliphatic heterocycles. The summed E-state index contributed by atoms with van der Waals surface area (Å²) in [5, 5.41) is 6.04. The lowest BCUT2D eigenvalue weighted by molar-refractivity contribution is -0.152. The minimum Gasteiger partial charge on any atom is -0.454 e. The Balaban J connectivity index is 1.23. The molecule has 2 amide bonds. The number of hydrogen-bond acceptors (Lipinski definition) is 4. The molecule has 4 aliphatic carbocycles. The molecule has 0 aromatic heterocycles. The van der Waals surface area contributed by atoms with Gasteiger partial charge in [-0.05, 0) is 74.5 Å². The Morgan fingerprint density at radius 2 is 1.66 bits per heavy atom. The van der Waals surface area contributed by atoms with Crippen molar-refractivity contribution in [1.29, 1.82) is 0 Å². The third-order valence-corrected chi connectivity index (χ3v) is 7.04. The van der Waals surface area contributed by atoms with E-state index in [1.807, 2.05) is 0 Å². The van der Waals surface area contributed by atoms with Crippen molar-refractivity contribution in [2.24, 2.45) is 23.2 Å². The Morgan fingerprint density at radius 3 is 2.28 bits per heavy atom. The minimum atomic E-state index is -0.643. The van der Waals surface area contributed by atoms with Gasteiger partial charge < -0.3 is 15.4 Å². The molecular weight excluding hydrogens is 415 g/mol. The molecule has 0 saturated heterocycles. The minimum absolute atomic E-state index is 0.0382. The van der Waals surface area contributed by atoms with Crippen molar-refractivity contribution in [3.8, 4) is 0 Å². The number of carbonyl (C=O) groups excluding carboxylic acids is 3. The monoisotopic (exact) mass is 438 g/mol. The summed E-state index contributed by atoms with van der Waals surface area (Å²) in [5.41, 5.74) is 0.0331. The number of esters is 1. The van der Waals surface area contributed by atoms with Crippen LogP contribution in [-0.4, -0.2) is 30.9 Å². The van der Waals surface area contributed by atoms with Crippen LogP contribution >= 0.6 is 23.2 Å². The highest BCUT2D eigenvalue weighted by atomic mass is 35.5. The molecule has 0 atom stereocenters. The second-order valence-electron chi connectivity index (χ2n) is 8.71. The van der Waals surface area contributed by atoms with Gasteiger partial charge in [0.15, 0.2) is 6.61 Å². The smallest absolute Gasteiger partial charge is 0.325 e. The van der Waals surface area contributed by atoms with Crippen molar-refractivity contribution >= 4 is 46.7 Å². The van der Waals surface area contributed by atoms with Gasteiger partial charge in [-0.15, -0.1) is 0 Å². The lowest BCUT2D eigenvalue weighted by atomic mass is 9.49. The topological polar surface area (TPSA) is 84.5 Å². The second-order valence-corrected chi connectivity index (χ2v) is 9.56. The summed E-state index contributed by atoms with van der Waals surface area (Å²) in [6.07, 6.45) is 6.55. The third-order valence-electron chi connectivity index (χ3n) is 6.48. The summed E-state index contributed by atoms with van der Waals surface area (Å²) in [4.78, 5) is 36.8. The third kappa shape index (κ3) is 4.53. The summed E-state index contributed by atoms with van der Waals surface area (Å²) < 4.78 is 4.97. The first-order valence-electron chi connectivity index (χ1n) is 10.0. The van der Waals surface area contributed by atoms with Crippen molar-refractivity contribution in [3.63, 3.8) is 0 Å². The summed E-state index contributed by atoms with van der Waals surface area (Å²) in [6.45, 7) is -0.694. The highest BCUT2D eigenvalue weighted by molar-refractivity contribution is 6.35. The number of anilines is 1. The molecule has 0 spiro atoms. The Bertz CT molecular complexity index is 807. The van der Waals surface area contributed by atoms with Gasteiger partial charge in [0, 0.05) is 10.4 Å². The fraction of sp³-hybridized carbons (Fsp3) is 0.571. The van der Waals surface area contributed by atoms with Crippen molar-refractivity contribution < 1.29 is 19.1 Å². The average Bonchev–Trinajstić information content (AvgIpc) is 2.66. The highest BCUT2D eigenvalue weighted by Crippen LogP contribution is 2.60. The Labute approximate surface area is 179 Å². The van der Waals surface area contributed by atoms with Crippen LogP contribution in [0.5, 0.6) is 0 Å². The molecule has 0 heterocycles. The van der Waals surface area contributed by atoms with E-state index in [9.17, 15) is 14.4 Å². The van der Waals surface area contributed by atoms with E-state index in [2.05, 4.69) is 10.6 Å². The molecule has 4 saturated carbocycles. The number of benzene rings is 1. The summed E-state index contributed by atoms with van der Waals surface area (Å²) in [5.74, 6) is 0.747. The van der Waals surface area contributed by atoms with E-state index < -0.39 is 18.5 Å². The lowest BCUT2D eigenvalue weighted by Gasteiger charge is -2.55. The highest BCUT2D eigenvalue weighted by Gasteiger charge is 2.54. The molecule has 29 heavy (non-hydrogen) atoms. The standard InChI is InChI=1S/C21H24Cl2N2O4/c22-15-1-2-16(23)17(6-15)25-18(26)11-29-19(27)10-24-20(28)21-7-12-3-13(8-21)5-14(4-12)9-21/h1-2,6,12-14H,3-5,7-11H2,(H,24,28)(H,25,26). The van der Waals surface area contributed by atoms with Crippen LogP contribution in [0.25, 0.3) is 0 Å². The normalized spacial score (nSPS) is 29.4. The van der Waals surface area contributed by atoms with Crippen molar-refractivity contribution in [2.45, 2.75) is 38.5 Å². The van der Waals surface area contributed by atoms with Gasteiger partial charge in [-0.3, -0.25) is 14.4 Å². The summed E-state index contributed by atoms with van der Waals surface area (Å²) >= 11 is 11.9. The number of carbonyl (C=O) groups is 3. The van der Waals surface area contributed by atoms with Gasteiger partial charge in [-0.25, -0.2) is 0 Å². The molecule has 0 radical (unpaired) electrons. The van der Waals surface area contributed by atoms with Crippen LogP contribution in [0, 0.1) is 23.2 Å². The average molecular weight is 439 g/mol. The Morgan fingerprint density at radius 1 is 1.03 bits per heavy atom. The molecule has 4 fully saturated rings. The lowest BCUT2D eigenvalue weighted by Crippen LogP contribution is -2.54. The van der Waals surface area contributed by atoms with Gasteiger partial charge in [0.25, 0.3) is 5.91 Å². The van der Waals surface area contributed by atoms with Crippen molar-refractivity contribution in [2.75, 3.05) is 18.5 Å². The SMILES string of the molecule is O=C(COC(=O)CNC(=O)C12CC3CC(CC(C3)C1)C2)Nc1cc(Cl)ccc1Cl. The summed E-state index contributed by atoms with van der Waals surface area (Å²) in [6, 6.07) is 4.67. The van der Waals surface area contributed by atoms with Gasteiger partial charge in [0.1, 0.15) is 6.54 Å². The molecule has 4 bridgehead atoms. The van der Waals surface area contributed by atoms with Crippen LogP contribution in [0.2, 0.25) is 10.0 Å². The van der Waals surface area contributed by atoms with Crippen LogP contribution < -0.4 is 10.6 Å². The van der Waals surface area contributed by atoms with Gasteiger partial charge in [0.05, 0.1) is 10.7 Å². The van der Waals surface area contributed by atoms with Gasteiger partial charge in [-0.2, -0.15) is 0 Å². The first kappa shape index (κ1) is 20.5.